The van der Waals surface area contributed by atoms with Crippen molar-refractivity contribution in [3.63, 3.8) is 0 Å². The SMILES string of the molecule is O=C(COC(=O)c1cc(-c2ccccc2)c(N2CCOCC2)s1)NCc1ccc2c(c1)OCO2. The average molecular weight is 481 g/mol. The van der Waals surface area contributed by atoms with Crippen LogP contribution in [0.3, 0.4) is 0 Å². The molecule has 3 heterocycles. The van der Waals surface area contributed by atoms with Gasteiger partial charge in [0.05, 0.1) is 18.2 Å². The van der Waals surface area contributed by atoms with Crippen molar-refractivity contribution < 1.29 is 28.5 Å². The van der Waals surface area contributed by atoms with Crippen molar-refractivity contribution in [3.8, 4) is 22.6 Å². The van der Waals surface area contributed by atoms with Crippen LogP contribution in [0, 0.1) is 0 Å². The van der Waals surface area contributed by atoms with Gasteiger partial charge in [0.2, 0.25) is 6.79 Å². The van der Waals surface area contributed by atoms with Crippen LogP contribution in [-0.4, -0.2) is 51.6 Å². The molecule has 2 aliphatic rings. The van der Waals surface area contributed by atoms with E-state index < -0.39 is 5.97 Å². The summed E-state index contributed by atoms with van der Waals surface area (Å²) in [5, 5.41) is 3.77. The minimum Gasteiger partial charge on any atom is -0.454 e. The molecule has 0 bridgehead atoms. The lowest BCUT2D eigenvalue weighted by molar-refractivity contribution is -0.124. The third-order valence-electron chi connectivity index (χ3n) is 5.56. The zero-order valence-electron chi connectivity index (χ0n) is 18.5. The molecule has 8 nitrogen and oxygen atoms in total. The highest BCUT2D eigenvalue weighted by molar-refractivity contribution is 7.18. The standard InChI is InChI=1S/C25H24N2O6S/c28-23(26-14-17-6-7-20-21(12-17)33-16-32-20)15-31-25(29)22-13-19(18-4-2-1-3-5-18)24(34-22)27-8-10-30-11-9-27/h1-7,12-13H,8-11,14-16H2,(H,26,28). The molecule has 1 aromatic heterocycles. The number of carbonyl (C=O) groups excluding carboxylic acids is 2. The van der Waals surface area contributed by atoms with Crippen LogP contribution in [-0.2, 0) is 20.8 Å². The number of nitrogens with zero attached hydrogens (tertiary/aromatic N) is 1. The van der Waals surface area contributed by atoms with Gasteiger partial charge in [0.1, 0.15) is 4.88 Å². The maximum Gasteiger partial charge on any atom is 0.348 e. The number of fused-ring (bicyclic) bond motifs is 1. The van der Waals surface area contributed by atoms with E-state index in [-0.39, 0.29) is 19.3 Å². The van der Waals surface area contributed by atoms with Crippen LogP contribution in [0.4, 0.5) is 5.00 Å². The van der Waals surface area contributed by atoms with E-state index in [9.17, 15) is 9.59 Å². The second-order valence-electron chi connectivity index (χ2n) is 7.84. The van der Waals surface area contributed by atoms with Crippen LogP contribution >= 0.6 is 11.3 Å². The van der Waals surface area contributed by atoms with Gasteiger partial charge in [-0.3, -0.25) is 4.79 Å². The number of anilines is 1. The molecule has 5 rings (SSSR count). The fourth-order valence-electron chi connectivity index (χ4n) is 3.81. The first-order valence-corrected chi connectivity index (χ1v) is 11.8. The Morgan fingerprint density at radius 2 is 1.79 bits per heavy atom. The predicted octanol–water partition coefficient (Wildman–Crippen LogP) is 3.45. The number of hydrogen-bond donors (Lipinski definition) is 1. The number of rotatable bonds is 7. The minimum atomic E-state index is -0.514. The Morgan fingerprint density at radius 3 is 2.62 bits per heavy atom. The zero-order chi connectivity index (χ0) is 23.3. The normalized spacial score (nSPS) is 14.6. The number of hydrogen-bond acceptors (Lipinski definition) is 8. The summed E-state index contributed by atoms with van der Waals surface area (Å²) in [6, 6.07) is 17.3. The first kappa shape index (κ1) is 22.2. The maximum atomic E-state index is 12.8. The van der Waals surface area contributed by atoms with Crippen molar-refractivity contribution in [3.05, 3.63) is 65.0 Å². The molecule has 0 unspecified atom stereocenters. The van der Waals surface area contributed by atoms with Gasteiger partial charge in [-0.1, -0.05) is 36.4 Å². The highest BCUT2D eigenvalue weighted by Crippen LogP contribution is 2.39. The fraction of sp³-hybridized carbons (Fsp3) is 0.280. The van der Waals surface area contributed by atoms with Gasteiger partial charge in [-0.25, -0.2) is 4.79 Å². The maximum absolute atomic E-state index is 12.8. The van der Waals surface area contributed by atoms with E-state index in [1.807, 2.05) is 48.5 Å². The van der Waals surface area contributed by atoms with E-state index in [2.05, 4.69) is 10.2 Å². The van der Waals surface area contributed by atoms with E-state index in [0.717, 1.165) is 34.8 Å². The third-order valence-corrected chi connectivity index (χ3v) is 6.73. The Labute approximate surface area is 201 Å². The summed E-state index contributed by atoms with van der Waals surface area (Å²) in [7, 11) is 0. The summed E-state index contributed by atoms with van der Waals surface area (Å²) < 4.78 is 21.4. The molecular formula is C25H24N2O6S. The van der Waals surface area contributed by atoms with Gasteiger partial charge >= 0.3 is 5.97 Å². The van der Waals surface area contributed by atoms with Crippen molar-refractivity contribution in [1.82, 2.24) is 5.32 Å². The van der Waals surface area contributed by atoms with Crippen molar-refractivity contribution in [2.24, 2.45) is 0 Å². The molecule has 9 heteroatoms. The average Bonchev–Trinajstić information content (AvgIpc) is 3.54. The molecule has 176 valence electrons. The van der Waals surface area contributed by atoms with Crippen molar-refractivity contribution >= 4 is 28.2 Å². The van der Waals surface area contributed by atoms with E-state index >= 15 is 0 Å². The summed E-state index contributed by atoms with van der Waals surface area (Å²) >= 11 is 1.38. The number of amides is 1. The molecule has 0 atom stereocenters. The van der Waals surface area contributed by atoms with E-state index in [0.29, 0.717) is 36.1 Å². The molecule has 0 saturated carbocycles. The quantitative estimate of drug-likeness (QED) is 0.519. The first-order valence-electron chi connectivity index (χ1n) is 11.0. The highest BCUT2D eigenvalue weighted by Gasteiger charge is 2.23. The summed E-state index contributed by atoms with van der Waals surface area (Å²) in [6.45, 7) is 2.96. The molecule has 34 heavy (non-hydrogen) atoms. The molecule has 2 aliphatic heterocycles. The molecule has 1 N–H and O–H groups in total. The Kier molecular flexibility index (Phi) is 6.64. The van der Waals surface area contributed by atoms with Gasteiger partial charge in [0.25, 0.3) is 5.91 Å². The van der Waals surface area contributed by atoms with Gasteiger partial charge < -0.3 is 29.2 Å². The highest BCUT2D eigenvalue weighted by atomic mass is 32.1. The molecule has 0 spiro atoms. The number of morpholine rings is 1. The number of nitrogens with one attached hydrogen (secondary N) is 1. The van der Waals surface area contributed by atoms with Crippen LogP contribution < -0.4 is 19.7 Å². The van der Waals surface area contributed by atoms with Crippen LogP contribution in [0.1, 0.15) is 15.2 Å². The summed E-state index contributed by atoms with van der Waals surface area (Å²) in [5.74, 6) is 0.451. The van der Waals surface area contributed by atoms with Crippen LogP contribution in [0.2, 0.25) is 0 Å². The number of benzene rings is 2. The molecule has 1 fully saturated rings. The van der Waals surface area contributed by atoms with E-state index in [4.69, 9.17) is 18.9 Å². The molecular weight excluding hydrogens is 456 g/mol. The predicted molar refractivity (Wildman–Crippen MR) is 127 cm³/mol. The van der Waals surface area contributed by atoms with Gasteiger partial charge in [-0.15, -0.1) is 11.3 Å². The van der Waals surface area contributed by atoms with Gasteiger partial charge in [-0.2, -0.15) is 0 Å². The van der Waals surface area contributed by atoms with Crippen molar-refractivity contribution in [2.75, 3.05) is 44.6 Å². The molecule has 1 amide bonds. The van der Waals surface area contributed by atoms with Crippen molar-refractivity contribution in [1.29, 1.82) is 0 Å². The number of thiophene rings is 1. The molecule has 2 aromatic carbocycles. The summed E-state index contributed by atoms with van der Waals surface area (Å²) in [5.41, 5.74) is 2.87. The zero-order valence-corrected chi connectivity index (χ0v) is 19.3. The summed E-state index contributed by atoms with van der Waals surface area (Å²) in [4.78, 5) is 27.7. The number of esters is 1. The Balaban J connectivity index is 1.21. The fourth-order valence-corrected chi connectivity index (χ4v) is 4.94. The third kappa shape index (κ3) is 5.00. The van der Waals surface area contributed by atoms with Crippen molar-refractivity contribution in [2.45, 2.75) is 6.54 Å². The van der Waals surface area contributed by atoms with E-state index in [1.165, 1.54) is 11.3 Å². The lowest BCUT2D eigenvalue weighted by atomic mass is 10.1. The largest absolute Gasteiger partial charge is 0.454 e. The minimum absolute atomic E-state index is 0.197. The Morgan fingerprint density at radius 1 is 1.00 bits per heavy atom. The molecule has 0 aliphatic carbocycles. The number of ether oxygens (including phenoxy) is 4. The van der Waals surface area contributed by atoms with E-state index in [1.54, 1.807) is 6.07 Å². The second-order valence-corrected chi connectivity index (χ2v) is 8.87. The van der Waals surface area contributed by atoms with Crippen LogP contribution in [0.15, 0.2) is 54.6 Å². The van der Waals surface area contributed by atoms with Crippen LogP contribution in [0.5, 0.6) is 11.5 Å². The first-order chi connectivity index (χ1) is 16.7. The van der Waals surface area contributed by atoms with Crippen LogP contribution in [0.25, 0.3) is 11.1 Å². The topological polar surface area (TPSA) is 86.3 Å². The Hall–Kier alpha value is -3.56. The molecule has 0 radical (unpaired) electrons. The monoisotopic (exact) mass is 480 g/mol. The second kappa shape index (κ2) is 10.1. The van der Waals surface area contributed by atoms with Gasteiger partial charge in [0.15, 0.2) is 18.1 Å². The lowest BCUT2D eigenvalue weighted by Crippen LogP contribution is -2.35. The Bertz CT molecular complexity index is 1170. The summed E-state index contributed by atoms with van der Waals surface area (Å²) in [6.07, 6.45) is 0. The molecule has 3 aromatic rings. The van der Waals surface area contributed by atoms with Gasteiger partial charge in [0, 0.05) is 25.2 Å². The smallest absolute Gasteiger partial charge is 0.348 e. The lowest BCUT2D eigenvalue weighted by Gasteiger charge is -2.28. The van der Waals surface area contributed by atoms with Gasteiger partial charge in [-0.05, 0) is 29.3 Å². The number of carbonyl (C=O) groups is 2. The molecule has 1 saturated heterocycles.